The second-order valence-corrected chi connectivity index (χ2v) is 21.7. The maximum atomic E-state index is 12.9. The quantitative estimate of drug-likeness (QED) is 0.0261. The van der Waals surface area contributed by atoms with Gasteiger partial charge in [0.25, 0.3) is 0 Å². The van der Waals surface area contributed by atoms with E-state index in [0.29, 0.717) is 19.3 Å². The molecule has 0 saturated carbocycles. The van der Waals surface area contributed by atoms with Crippen LogP contribution >= 0.6 is 0 Å². The van der Waals surface area contributed by atoms with Crippen molar-refractivity contribution in [2.45, 2.75) is 335 Å². The molecule has 0 aromatic rings. The number of carbonyl (C=O) groups is 3. The lowest BCUT2D eigenvalue weighted by Gasteiger charge is -2.18. The minimum absolute atomic E-state index is 0.0794. The van der Waals surface area contributed by atoms with E-state index in [2.05, 4.69) is 93.7 Å². The van der Waals surface area contributed by atoms with Crippen LogP contribution in [0.25, 0.3) is 0 Å². The molecule has 0 spiro atoms. The molecule has 6 nitrogen and oxygen atoms in total. The Morgan fingerprint density at radius 3 is 0.747 bits per heavy atom. The number of esters is 3. The molecular weight excluding hydrogens is 925 g/mol. The third-order valence-corrected chi connectivity index (χ3v) is 14.2. The number of ether oxygens (including phenoxy) is 3. The Morgan fingerprint density at radius 1 is 0.267 bits per heavy atom. The first-order chi connectivity index (χ1) is 37.0. The molecule has 0 heterocycles. The Hall–Kier alpha value is -3.15. The van der Waals surface area contributed by atoms with Crippen molar-refractivity contribution in [2.24, 2.45) is 0 Å². The predicted molar refractivity (Wildman–Crippen MR) is 325 cm³/mol. The van der Waals surface area contributed by atoms with Crippen molar-refractivity contribution in [3.8, 4) is 0 Å². The fourth-order valence-corrected chi connectivity index (χ4v) is 9.28. The van der Waals surface area contributed by atoms with Crippen molar-refractivity contribution >= 4 is 17.9 Å². The minimum atomic E-state index is -0.783. The molecule has 0 aromatic heterocycles. The van der Waals surface area contributed by atoms with Gasteiger partial charge in [-0.3, -0.25) is 14.4 Å². The van der Waals surface area contributed by atoms with E-state index in [1.165, 1.54) is 193 Å². The third-order valence-electron chi connectivity index (χ3n) is 14.2. The van der Waals surface area contributed by atoms with Crippen LogP contribution in [0, 0.1) is 0 Å². The smallest absolute Gasteiger partial charge is 0.306 e. The van der Waals surface area contributed by atoms with Gasteiger partial charge in [0.15, 0.2) is 6.10 Å². The summed E-state index contributed by atoms with van der Waals surface area (Å²) in [6.07, 6.45) is 81.9. The van der Waals surface area contributed by atoms with E-state index in [9.17, 15) is 14.4 Å². The van der Waals surface area contributed by atoms with Gasteiger partial charge in [-0.1, -0.05) is 286 Å². The minimum Gasteiger partial charge on any atom is -0.462 e. The Labute approximate surface area is 465 Å². The topological polar surface area (TPSA) is 78.9 Å². The summed E-state index contributed by atoms with van der Waals surface area (Å²) in [4.78, 5) is 38.3. The van der Waals surface area contributed by atoms with Crippen molar-refractivity contribution in [3.05, 3.63) is 72.9 Å². The molecule has 0 aliphatic heterocycles. The average molecular weight is 1050 g/mol. The van der Waals surface area contributed by atoms with Crippen LogP contribution < -0.4 is 0 Å². The zero-order valence-corrected chi connectivity index (χ0v) is 49.8. The van der Waals surface area contributed by atoms with Crippen LogP contribution in [0.2, 0.25) is 0 Å². The molecule has 434 valence electrons. The molecule has 0 fully saturated rings. The summed E-state index contributed by atoms with van der Waals surface area (Å²) in [7, 11) is 0. The first kappa shape index (κ1) is 71.8. The number of hydrogen-bond donors (Lipinski definition) is 0. The molecule has 0 bridgehead atoms. The van der Waals surface area contributed by atoms with Gasteiger partial charge < -0.3 is 14.2 Å². The first-order valence-electron chi connectivity index (χ1n) is 32.4. The summed E-state index contributed by atoms with van der Waals surface area (Å²) < 4.78 is 16.9. The van der Waals surface area contributed by atoms with Crippen LogP contribution in [0.15, 0.2) is 72.9 Å². The Bertz CT molecular complexity index is 1390. The summed E-state index contributed by atoms with van der Waals surface area (Å²) >= 11 is 0. The van der Waals surface area contributed by atoms with E-state index in [1.807, 2.05) is 0 Å². The summed E-state index contributed by atoms with van der Waals surface area (Å²) in [5.41, 5.74) is 0. The van der Waals surface area contributed by atoms with Crippen LogP contribution in [0.3, 0.4) is 0 Å². The van der Waals surface area contributed by atoms with Gasteiger partial charge in [-0.05, 0) is 96.3 Å². The van der Waals surface area contributed by atoms with Crippen LogP contribution in [0.4, 0.5) is 0 Å². The highest BCUT2D eigenvalue weighted by atomic mass is 16.6. The molecule has 0 aliphatic rings. The zero-order valence-electron chi connectivity index (χ0n) is 49.8. The summed E-state index contributed by atoms with van der Waals surface area (Å²) in [5, 5.41) is 0. The largest absolute Gasteiger partial charge is 0.462 e. The number of allylic oxidation sites excluding steroid dienone is 12. The average Bonchev–Trinajstić information content (AvgIpc) is 3.41. The lowest BCUT2D eigenvalue weighted by molar-refractivity contribution is -0.167. The van der Waals surface area contributed by atoms with Gasteiger partial charge in [0, 0.05) is 19.3 Å². The van der Waals surface area contributed by atoms with E-state index in [4.69, 9.17) is 14.2 Å². The molecule has 0 rings (SSSR count). The summed E-state index contributed by atoms with van der Waals surface area (Å²) in [6.45, 7) is 6.63. The van der Waals surface area contributed by atoms with Crippen LogP contribution in [0.1, 0.15) is 329 Å². The summed E-state index contributed by atoms with van der Waals surface area (Å²) in [5.74, 6) is -0.883. The third kappa shape index (κ3) is 61.6. The lowest BCUT2D eigenvalue weighted by atomic mass is 10.0. The van der Waals surface area contributed by atoms with Crippen molar-refractivity contribution in [1.82, 2.24) is 0 Å². The normalized spacial score (nSPS) is 12.5. The molecule has 1 unspecified atom stereocenters. The number of rotatable bonds is 59. The molecular formula is C69H122O6. The van der Waals surface area contributed by atoms with Crippen molar-refractivity contribution in [3.63, 3.8) is 0 Å². The molecule has 0 saturated heterocycles. The molecule has 0 N–H and O–H groups in total. The Morgan fingerprint density at radius 2 is 0.480 bits per heavy atom. The molecule has 0 radical (unpaired) electrons. The van der Waals surface area contributed by atoms with Crippen LogP contribution in [-0.2, 0) is 28.6 Å². The zero-order chi connectivity index (χ0) is 54.3. The number of unbranched alkanes of at least 4 members (excludes halogenated alkanes) is 36. The monoisotopic (exact) mass is 1050 g/mol. The van der Waals surface area contributed by atoms with E-state index < -0.39 is 6.10 Å². The van der Waals surface area contributed by atoms with Gasteiger partial charge in [0.05, 0.1) is 0 Å². The SMILES string of the molecule is CCCCCCC/C=C\C/C=C\C/C=C\CCCCCCCCCCCCC(=O)OCC(COC(=O)CCCCCCCCCCCCC)OC(=O)CCCCCCCC/C=C\C/C=C\C/C=C\CCCCCCC. The fourth-order valence-electron chi connectivity index (χ4n) is 9.28. The van der Waals surface area contributed by atoms with Crippen LogP contribution in [-0.4, -0.2) is 37.2 Å². The van der Waals surface area contributed by atoms with Gasteiger partial charge in [0.2, 0.25) is 0 Å². The van der Waals surface area contributed by atoms with E-state index >= 15 is 0 Å². The van der Waals surface area contributed by atoms with Crippen molar-refractivity contribution < 1.29 is 28.6 Å². The van der Waals surface area contributed by atoms with E-state index in [0.717, 1.165) is 96.3 Å². The number of carbonyl (C=O) groups excluding carboxylic acids is 3. The van der Waals surface area contributed by atoms with Gasteiger partial charge in [-0.15, -0.1) is 0 Å². The predicted octanol–water partition coefficient (Wildman–Crippen LogP) is 22.1. The second kappa shape index (κ2) is 63.4. The van der Waals surface area contributed by atoms with Crippen molar-refractivity contribution in [1.29, 1.82) is 0 Å². The highest BCUT2D eigenvalue weighted by Crippen LogP contribution is 2.16. The highest BCUT2D eigenvalue weighted by molar-refractivity contribution is 5.71. The summed E-state index contributed by atoms with van der Waals surface area (Å²) in [6, 6.07) is 0. The highest BCUT2D eigenvalue weighted by Gasteiger charge is 2.19. The lowest BCUT2D eigenvalue weighted by Crippen LogP contribution is -2.30. The molecule has 0 amide bonds. The maximum Gasteiger partial charge on any atom is 0.306 e. The first-order valence-corrected chi connectivity index (χ1v) is 32.4. The molecule has 0 aliphatic carbocycles. The molecule has 6 heteroatoms. The van der Waals surface area contributed by atoms with Gasteiger partial charge >= 0.3 is 17.9 Å². The maximum absolute atomic E-state index is 12.9. The molecule has 1 atom stereocenters. The number of hydrogen-bond acceptors (Lipinski definition) is 6. The fraction of sp³-hybridized carbons (Fsp3) is 0.783. The van der Waals surface area contributed by atoms with E-state index in [-0.39, 0.29) is 31.1 Å². The van der Waals surface area contributed by atoms with Crippen LogP contribution in [0.5, 0.6) is 0 Å². The van der Waals surface area contributed by atoms with Gasteiger partial charge in [-0.2, -0.15) is 0 Å². The van der Waals surface area contributed by atoms with Gasteiger partial charge in [0.1, 0.15) is 13.2 Å². The van der Waals surface area contributed by atoms with Crippen molar-refractivity contribution in [2.75, 3.05) is 13.2 Å². The standard InChI is InChI=1S/C69H122O6/c1-4-7-10-13-16-19-22-24-26-28-30-32-33-34-35-37-38-40-42-44-47-50-53-56-59-62-68(71)74-65-66(64-73-67(70)61-58-55-52-49-46-21-18-15-12-9-6-3)75-69(72)63-60-57-54-51-48-45-43-41-39-36-31-29-27-25-23-20-17-14-11-8-5-2/h22-25,28-31,33-34,39,41,66H,4-21,26-27,32,35-38,40,42-65H2,1-3H3/b24-22-,25-23-,30-28-,31-29-,34-33-,41-39-. The Kier molecular flexibility index (Phi) is 60.7. The molecule has 75 heavy (non-hydrogen) atoms. The van der Waals surface area contributed by atoms with Gasteiger partial charge in [-0.25, -0.2) is 0 Å². The molecule has 0 aromatic carbocycles. The van der Waals surface area contributed by atoms with E-state index in [1.54, 1.807) is 0 Å². The Balaban J connectivity index is 4.30. The second-order valence-electron chi connectivity index (χ2n) is 21.7.